The first kappa shape index (κ1) is 20.8. The Bertz CT molecular complexity index is 1250. The number of rotatable bonds is 5. The van der Waals surface area contributed by atoms with E-state index in [0.29, 0.717) is 12.0 Å². The van der Waals surface area contributed by atoms with Gasteiger partial charge >= 0.3 is 0 Å². The van der Waals surface area contributed by atoms with Crippen LogP contribution in [0.3, 0.4) is 0 Å². The molecule has 0 amide bonds. The fraction of sp³-hybridized carbons (Fsp3) is 0.500. The highest BCUT2D eigenvalue weighted by Gasteiger charge is 2.30. The largest absolute Gasteiger partial charge is 0.492 e. The predicted molar refractivity (Wildman–Crippen MR) is 128 cm³/mol. The van der Waals surface area contributed by atoms with E-state index in [1.165, 1.54) is 16.7 Å². The third kappa shape index (κ3) is 3.93. The first-order valence-electron chi connectivity index (χ1n) is 12.2. The van der Waals surface area contributed by atoms with Crippen molar-refractivity contribution in [3.63, 3.8) is 0 Å². The highest BCUT2D eigenvalue weighted by molar-refractivity contribution is 5.81. The van der Waals surface area contributed by atoms with Gasteiger partial charge in [-0.25, -0.2) is 0 Å². The number of nitrogens with one attached hydrogen (secondary N) is 1. The van der Waals surface area contributed by atoms with E-state index in [4.69, 9.17) is 4.74 Å². The maximum absolute atomic E-state index is 12.5. The lowest BCUT2D eigenvalue weighted by Gasteiger charge is -2.34. The second-order valence-corrected chi connectivity index (χ2v) is 9.76. The Balaban J connectivity index is 1.06. The van der Waals surface area contributed by atoms with Gasteiger partial charge in [-0.15, -0.1) is 0 Å². The average Bonchev–Trinajstić information content (AvgIpc) is 3.23. The van der Waals surface area contributed by atoms with Gasteiger partial charge in [-0.2, -0.15) is 0 Å². The Hall–Kier alpha value is -2.77. The molecular formula is C26H31N5O2. The zero-order chi connectivity index (χ0) is 22.4. The molecule has 1 atom stereocenters. The van der Waals surface area contributed by atoms with Crippen molar-refractivity contribution in [2.75, 3.05) is 26.2 Å². The van der Waals surface area contributed by atoms with E-state index in [0.717, 1.165) is 87.5 Å². The van der Waals surface area contributed by atoms with Gasteiger partial charge in [0.1, 0.15) is 5.75 Å². The van der Waals surface area contributed by atoms with Gasteiger partial charge < -0.3 is 19.5 Å². The van der Waals surface area contributed by atoms with Crippen LogP contribution in [0.1, 0.15) is 47.6 Å². The van der Waals surface area contributed by atoms with E-state index >= 15 is 0 Å². The normalized spacial score (nSPS) is 20.7. The molecule has 1 N–H and O–H groups in total. The number of fused-ring (bicyclic) bond motifs is 1. The number of hydrogen-bond donors (Lipinski definition) is 1. The number of ether oxygens (including phenoxy) is 1. The molecule has 0 spiro atoms. The Morgan fingerprint density at radius 2 is 2.06 bits per heavy atom. The van der Waals surface area contributed by atoms with Gasteiger partial charge in [0.25, 0.3) is 5.56 Å². The average molecular weight is 446 g/mol. The second kappa shape index (κ2) is 8.54. The first-order chi connectivity index (χ1) is 16.2. The van der Waals surface area contributed by atoms with Crippen molar-refractivity contribution >= 4 is 11.0 Å². The predicted octanol–water partition coefficient (Wildman–Crippen LogP) is 2.78. The van der Waals surface area contributed by atoms with Gasteiger partial charge in [0.05, 0.1) is 29.5 Å². The van der Waals surface area contributed by atoms with Crippen LogP contribution in [-0.4, -0.2) is 51.7 Å². The maximum atomic E-state index is 12.5. The SMILES string of the molecule is Cc1cnc2ccc(=O)n3c2c1[C@H](CN1CCC(NCc2cc4c(cn2)OCCC4)CC1)C3. The van der Waals surface area contributed by atoms with Crippen LogP contribution < -0.4 is 15.6 Å². The molecule has 0 bridgehead atoms. The van der Waals surface area contributed by atoms with Crippen molar-refractivity contribution in [1.29, 1.82) is 0 Å². The van der Waals surface area contributed by atoms with E-state index in [1.807, 2.05) is 23.0 Å². The molecule has 3 aliphatic heterocycles. The number of hydrogen-bond acceptors (Lipinski definition) is 6. The minimum Gasteiger partial charge on any atom is -0.492 e. The fourth-order valence-electron chi connectivity index (χ4n) is 5.82. The van der Waals surface area contributed by atoms with Gasteiger partial charge in [-0.1, -0.05) is 0 Å². The quantitative estimate of drug-likeness (QED) is 0.651. The summed E-state index contributed by atoms with van der Waals surface area (Å²) in [6.45, 7) is 7.67. The molecule has 0 aliphatic carbocycles. The monoisotopic (exact) mass is 445 g/mol. The van der Waals surface area contributed by atoms with Gasteiger partial charge in [-0.3, -0.25) is 14.8 Å². The van der Waals surface area contributed by atoms with Crippen molar-refractivity contribution in [2.45, 2.75) is 57.7 Å². The van der Waals surface area contributed by atoms with Crippen LogP contribution in [0.2, 0.25) is 0 Å². The third-order valence-electron chi connectivity index (χ3n) is 7.54. The van der Waals surface area contributed by atoms with E-state index in [1.54, 1.807) is 6.07 Å². The lowest BCUT2D eigenvalue weighted by atomic mass is 9.95. The van der Waals surface area contributed by atoms with Gasteiger partial charge in [0.2, 0.25) is 0 Å². The number of piperidine rings is 1. The lowest BCUT2D eigenvalue weighted by Crippen LogP contribution is -2.43. The fourth-order valence-corrected chi connectivity index (χ4v) is 5.82. The third-order valence-corrected chi connectivity index (χ3v) is 7.54. The zero-order valence-electron chi connectivity index (χ0n) is 19.2. The van der Waals surface area contributed by atoms with Crippen molar-refractivity contribution in [3.05, 3.63) is 63.3 Å². The smallest absolute Gasteiger partial charge is 0.251 e. The van der Waals surface area contributed by atoms with Crippen LogP contribution in [0, 0.1) is 6.92 Å². The topological polar surface area (TPSA) is 72.3 Å². The molecule has 1 saturated heterocycles. The summed E-state index contributed by atoms with van der Waals surface area (Å²) in [7, 11) is 0. The van der Waals surface area contributed by atoms with Crippen LogP contribution >= 0.6 is 0 Å². The molecule has 0 unspecified atom stereocenters. The van der Waals surface area contributed by atoms with E-state index < -0.39 is 0 Å². The molecule has 1 fully saturated rings. The summed E-state index contributed by atoms with van der Waals surface area (Å²) in [6, 6.07) is 6.24. The highest BCUT2D eigenvalue weighted by Crippen LogP contribution is 2.35. The second-order valence-electron chi connectivity index (χ2n) is 9.76. The summed E-state index contributed by atoms with van der Waals surface area (Å²) >= 11 is 0. The summed E-state index contributed by atoms with van der Waals surface area (Å²) in [6.07, 6.45) is 8.30. The van der Waals surface area contributed by atoms with Crippen LogP contribution in [-0.2, 0) is 19.5 Å². The van der Waals surface area contributed by atoms with E-state index in [-0.39, 0.29) is 5.56 Å². The van der Waals surface area contributed by atoms with Crippen LogP contribution in [0.5, 0.6) is 5.75 Å². The molecule has 0 saturated carbocycles. The number of aryl methyl sites for hydroxylation is 2. The molecule has 3 aliphatic rings. The van der Waals surface area contributed by atoms with Crippen LogP contribution in [0.25, 0.3) is 11.0 Å². The number of nitrogens with zero attached hydrogens (tertiary/aromatic N) is 4. The zero-order valence-corrected chi connectivity index (χ0v) is 19.2. The summed E-state index contributed by atoms with van der Waals surface area (Å²) < 4.78 is 7.61. The Labute approximate surface area is 193 Å². The summed E-state index contributed by atoms with van der Waals surface area (Å²) in [5, 5.41) is 3.72. The molecule has 7 heteroatoms. The van der Waals surface area contributed by atoms with Crippen molar-refractivity contribution in [1.82, 2.24) is 24.8 Å². The van der Waals surface area contributed by atoms with Crippen molar-refractivity contribution in [2.24, 2.45) is 0 Å². The first-order valence-corrected chi connectivity index (χ1v) is 12.2. The molecule has 3 aromatic heterocycles. The Morgan fingerprint density at radius 1 is 1.18 bits per heavy atom. The maximum Gasteiger partial charge on any atom is 0.251 e. The molecular weight excluding hydrogens is 414 g/mol. The molecule has 0 radical (unpaired) electrons. The molecule has 0 aromatic carbocycles. The standard InChI is InChI=1S/C26H31N5O2/c1-17-12-29-22-4-5-24(32)31-16-19(25(17)26(22)31)15-30-8-6-20(7-9-30)27-13-21-11-18-3-2-10-33-23(18)14-28-21/h4-5,11-12,14,19-20,27H,2-3,6-10,13,15-16H2,1H3/t19-/m1/s1. The number of likely N-dealkylation sites (tertiary alicyclic amines) is 1. The van der Waals surface area contributed by atoms with Gasteiger partial charge in [-0.05, 0) is 74.5 Å². The molecule has 7 nitrogen and oxygen atoms in total. The number of aromatic nitrogens is 3. The van der Waals surface area contributed by atoms with Crippen LogP contribution in [0.15, 0.2) is 35.4 Å². The van der Waals surface area contributed by atoms with Gasteiger partial charge in [0.15, 0.2) is 0 Å². The van der Waals surface area contributed by atoms with Crippen LogP contribution in [0.4, 0.5) is 0 Å². The minimum absolute atomic E-state index is 0.0870. The van der Waals surface area contributed by atoms with Crippen molar-refractivity contribution in [3.8, 4) is 5.75 Å². The van der Waals surface area contributed by atoms with Gasteiger partial charge in [0, 0.05) is 43.9 Å². The Kier molecular flexibility index (Phi) is 5.38. The molecule has 6 rings (SSSR count). The highest BCUT2D eigenvalue weighted by atomic mass is 16.5. The number of pyridine rings is 3. The Morgan fingerprint density at radius 3 is 2.94 bits per heavy atom. The lowest BCUT2D eigenvalue weighted by molar-refractivity contribution is 0.184. The van der Waals surface area contributed by atoms with E-state index in [2.05, 4.69) is 33.2 Å². The van der Waals surface area contributed by atoms with Crippen molar-refractivity contribution < 1.29 is 4.74 Å². The summed E-state index contributed by atoms with van der Waals surface area (Å²) in [4.78, 5) is 24.2. The minimum atomic E-state index is 0.0870. The molecule has 3 aromatic rings. The molecule has 172 valence electrons. The summed E-state index contributed by atoms with van der Waals surface area (Å²) in [5.74, 6) is 1.31. The van der Waals surface area contributed by atoms with E-state index in [9.17, 15) is 4.79 Å². The molecule has 33 heavy (non-hydrogen) atoms. The summed E-state index contributed by atoms with van der Waals surface area (Å²) in [5.41, 5.74) is 6.98. The molecule has 6 heterocycles.